The lowest BCUT2D eigenvalue weighted by Gasteiger charge is -2.14. The fourth-order valence-electron chi connectivity index (χ4n) is 1.27. The largest absolute Gasteiger partial charge is 0.462 e. The summed E-state index contributed by atoms with van der Waals surface area (Å²) in [7, 11) is 0. The van der Waals surface area contributed by atoms with Crippen molar-refractivity contribution in [3.63, 3.8) is 0 Å². The molecule has 0 aliphatic carbocycles. The summed E-state index contributed by atoms with van der Waals surface area (Å²) >= 11 is 0. The van der Waals surface area contributed by atoms with Gasteiger partial charge < -0.3 is 24.8 Å². The smallest absolute Gasteiger partial charge is 0.333 e. The van der Waals surface area contributed by atoms with Crippen LogP contribution in [0, 0.1) is 0 Å². The van der Waals surface area contributed by atoms with E-state index in [1.54, 1.807) is 6.92 Å². The number of hydrogen-bond donors (Lipinski definition) is 3. The summed E-state index contributed by atoms with van der Waals surface area (Å²) in [4.78, 5) is 11.0. The fourth-order valence-corrected chi connectivity index (χ4v) is 1.27. The van der Waals surface area contributed by atoms with Gasteiger partial charge >= 0.3 is 5.97 Å². The lowest BCUT2D eigenvalue weighted by atomic mass is 10.1. The second-order valence-electron chi connectivity index (χ2n) is 4.34. The first-order valence-corrected chi connectivity index (χ1v) is 6.38. The highest BCUT2D eigenvalue weighted by Gasteiger charge is 2.09. The third-order valence-electron chi connectivity index (χ3n) is 2.40. The predicted molar refractivity (Wildman–Crippen MR) is 69.3 cm³/mol. The molecule has 2 unspecified atom stereocenters. The summed E-state index contributed by atoms with van der Waals surface area (Å²) in [6, 6.07) is 0. The Balaban J connectivity index is 3.51. The molecule has 0 fully saturated rings. The minimum Gasteiger partial charge on any atom is -0.462 e. The van der Waals surface area contributed by atoms with Crippen molar-refractivity contribution in [3.8, 4) is 0 Å². The van der Waals surface area contributed by atoms with Crippen LogP contribution in [0.2, 0.25) is 0 Å². The molecule has 0 heterocycles. The van der Waals surface area contributed by atoms with Gasteiger partial charge in [0.05, 0.1) is 19.3 Å². The Morgan fingerprint density at radius 3 is 2.47 bits per heavy atom. The fraction of sp³-hybridized carbons (Fsp3) is 0.769. The van der Waals surface area contributed by atoms with Gasteiger partial charge in [0.1, 0.15) is 0 Å². The lowest BCUT2D eigenvalue weighted by Crippen LogP contribution is -2.19. The first-order chi connectivity index (χ1) is 8.97. The van der Waals surface area contributed by atoms with Crippen molar-refractivity contribution in [3.05, 3.63) is 12.2 Å². The van der Waals surface area contributed by atoms with Crippen molar-refractivity contribution in [1.29, 1.82) is 0 Å². The summed E-state index contributed by atoms with van der Waals surface area (Å²) in [5.41, 5.74) is 0.308. The monoisotopic (exact) mass is 276 g/mol. The molecule has 0 aliphatic heterocycles. The third kappa shape index (κ3) is 10.6. The second kappa shape index (κ2) is 10.9. The van der Waals surface area contributed by atoms with Gasteiger partial charge in [-0.05, 0) is 26.2 Å². The van der Waals surface area contributed by atoms with E-state index in [2.05, 4.69) is 6.58 Å². The second-order valence-corrected chi connectivity index (χ2v) is 4.34. The van der Waals surface area contributed by atoms with Crippen LogP contribution < -0.4 is 0 Å². The van der Waals surface area contributed by atoms with E-state index in [9.17, 15) is 15.0 Å². The number of carbonyl (C=O) groups excluding carboxylic acids is 1. The molecule has 3 N–H and O–H groups in total. The first kappa shape index (κ1) is 18.0. The zero-order valence-corrected chi connectivity index (χ0v) is 11.4. The van der Waals surface area contributed by atoms with Crippen LogP contribution >= 0.6 is 0 Å². The Morgan fingerprint density at radius 1 is 1.21 bits per heavy atom. The molecule has 0 bridgehead atoms. The molecular formula is C13H24O6. The van der Waals surface area contributed by atoms with Crippen LogP contribution in [0.1, 0.15) is 32.6 Å². The average Bonchev–Trinajstić information content (AvgIpc) is 2.36. The van der Waals surface area contributed by atoms with E-state index in [0.29, 0.717) is 24.8 Å². The van der Waals surface area contributed by atoms with Gasteiger partial charge in [0, 0.05) is 18.6 Å². The molecule has 0 rings (SSSR count). The Hall–Kier alpha value is -0.950. The minimum atomic E-state index is -1.03. The summed E-state index contributed by atoms with van der Waals surface area (Å²) in [5, 5.41) is 27.5. The van der Waals surface area contributed by atoms with E-state index in [-0.39, 0.29) is 26.2 Å². The van der Waals surface area contributed by atoms with Gasteiger partial charge in [0.2, 0.25) is 0 Å². The molecule has 0 aromatic carbocycles. The van der Waals surface area contributed by atoms with E-state index in [1.807, 2.05) is 0 Å². The first-order valence-electron chi connectivity index (χ1n) is 6.38. The highest BCUT2D eigenvalue weighted by molar-refractivity contribution is 5.86. The van der Waals surface area contributed by atoms with Gasteiger partial charge in [-0.15, -0.1) is 0 Å². The SMILES string of the molecule is C=C(C)C(=O)OCCC(O)OCCC(O)CCCO. The van der Waals surface area contributed by atoms with Crippen LogP contribution in [-0.4, -0.2) is 53.5 Å². The van der Waals surface area contributed by atoms with Crippen molar-refractivity contribution in [2.24, 2.45) is 0 Å². The molecule has 112 valence electrons. The molecule has 0 amide bonds. The normalized spacial score (nSPS) is 13.9. The molecule has 0 saturated carbocycles. The van der Waals surface area contributed by atoms with Crippen LogP contribution in [0.5, 0.6) is 0 Å². The summed E-state index contributed by atoms with van der Waals surface area (Å²) in [5.74, 6) is -0.494. The van der Waals surface area contributed by atoms with Crippen LogP contribution in [0.25, 0.3) is 0 Å². The topological polar surface area (TPSA) is 96.2 Å². The minimum absolute atomic E-state index is 0.0502. The third-order valence-corrected chi connectivity index (χ3v) is 2.40. The number of rotatable bonds is 11. The Bertz CT molecular complexity index is 266. The standard InChI is InChI=1S/C13H24O6/c1-10(2)13(17)19-9-6-12(16)18-8-5-11(15)4-3-7-14/h11-12,14-16H,1,3-9H2,2H3. The Labute approximate surface area is 113 Å². The number of hydrogen-bond acceptors (Lipinski definition) is 6. The molecule has 0 saturated heterocycles. The molecule has 0 radical (unpaired) electrons. The summed E-state index contributed by atoms with van der Waals surface area (Å²) in [6.45, 7) is 5.29. The predicted octanol–water partition coefficient (Wildman–Crippen LogP) is 0.354. The van der Waals surface area contributed by atoms with Gasteiger partial charge in [-0.1, -0.05) is 6.58 Å². The van der Waals surface area contributed by atoms with Crippen molar-refractivity contribution in [2.45, 2.75) is 45.0 Å². The maximum Gasteiger partial charge on any atom is 0.333 e. The highest BCUT2D eigenvalue weighted by atomic mass is 16.6. The number of aliphatic hydroxyl groups is 3. The van der Waals surface area contributed by atoms with Crippen LogP contribution in [0.3, 0.4) is 0 Å². The summed E-state index contributed by atoms with van der Waals surface area (Å²) in [6.07, 6.45) is 0.0461. The van der Waals surface area contributed by atoms with E-state index < -0.39 is 18.4 Å². The number of esters is 1. The van der Waals surface area contributed by atoms with Crippen LogP contribution in [-0.2, 0) is 14.3 Å². The van der Waals surface area contributed by atoms with Crippen LogP contribution in [0.15, 0.2) is 12.2 Å². The van der Waals surface area contributed by atoms with Crippen molar-refractivity contribution in [1.82, 2.24) is 0 Å². The van der Waals surface area contributed by atoms with Gasteiger partial charge in [-0.25, -0.2) is 4.79 Å². The van der Waals surface area contributed by atoms with E-state index >= 15 is 0 Å². The Kier molecular flexibility index (Phi) is 10.4. The average molecular weight is 276 g/mol. The molecule has 0 aromatic heterocycles. The van der Waals surface area contributed by atoms with Crippen molar-refractivity contribution >= 4 is 5.97 Å². The molecular weight excluding hydrogens is 252 g/mol. The van der Waals surface area contributed by atoms with E-state index in [1.165, 1.54) is 0 Å². The molecule has 6 heteroatoms. The molecule has 19 heavy (non-hydrogen) atoms. The molecule has 6 nitrogen and oxygen atoms in total. The van der Waals surface area contributed by atoms with Gasteiger partial charge in [-0.3, -0.25) is 0 Å². The molecule has 0 aliphatic rings. The van der Waals surface area contributed by atoms with Crippen LogP contribution in [0.4, 0.5) is 0 Å². The van der Waals surface area contributed by atoms with Gasteiger partial charge in [-0.2, -0.15) is 0 Å². The van der Waals surface area contributed by atoms with Crippen molar-refractivity contribution in [2.75, 3.05) is 19.8 Å². The molecule has 2 atom stereocenters. The molecule has 0 spiro atoms. The lowest BCUT2D eigenvalue weighted by molar-refractivity contribution is -0.145. The van der Waals surface area contributed by atoms with Gasteiger partial charge in [0.15, 0.2) is 6.29 Å². The van der Waals surface area contributed by atoms with E-state index in [4.69, 9.17) is 14.6 Å². The van der Waals surface area contributed by atoms with Crippen molar-refractivity contribution < 1.29 is 29.6 Å². The number of ether oxygens (including phenoxy) is 2. The maximum atomic E-state index is 11.0. The maximum absolute atomic E-state index is 11.0. The highest BCUT2D eigenvalue weighted by Crippen LogP contribution is 2.04. The molecule has 0 aromatic rings. The zero-order valence-electron chi connectivity index (χ0n) is 11.4. The van der Waals surface area contributed by atoms with Gasteiger partial charge in [0.25, 0.3) is 0 Å². The number of carbonyl (C=O) groups is 1. The Morgan fingerprint density at radius 2 is 1.89 bits per heavy atom. The summed E-state index contributed by atoms with van der Waals surface area (Å²) < 4.78 is 9.85. The quantitative estimate of drug-likeness (QED) is 0.286. The number of aliphatic hydroxyl groups excluding tert-OH is 3. The van der Waals surface area contributed by atoms with E-state index in [0.717, 1.165) is 0 Å². The zero-order chi connectivity index (χ0) is 14.7.